The number of halogens is 1. The topological polar surface area (TPSA) is 9.23 Å². The number of hydrogen-bond donors (Lipinski definition) is 1. The van der Waals surface area contributed by atoms with Gasteiger partial charge in [-0.15, -0.1) is 0 Å². The fourth-order valence-corrected chi connectivity index (χ4v) is 1.89. The second kappa shape index (κ2) is 3.81. The van der Waals surface area contributed by atoms with E-state index in [1.165, 1.54) is 7.11 Å². The van der Waals surface area contributed by atoms with E-state index in [1.54, 1.807) is 6.07 Å². The van der Waals surface area contributed by atoms with Crippen LogP contribution in [0.4, 0.5) is 4.39 Å². The van der Waals surface area contributed by atoms with E-state index in [0.717, 1.165) is 4.90 Å². The Morgan fingerprint density at radius 1 is 1.33 bits per heavy atom. The van der Waals surface area contributed by atoms with E-state index in [1.807, 2.05) is 24.6 Å². The Morgan fingerprint density at radius 3 is 2.50 bits per heavy atom. The third-order valence-electron chi connectivity index (χ3n) is 1.64. The first-order valence-electron chi connectivity index (χ1n) is 3.66. The van der Waals surface area contributed by atoms with Crippen molar-refractivity contribution < 1.29 is 9.13 Å². The molecule has 68 valence electrons. The second-order valence-corrected chi connectivity index (χ2v) is 4.96. The summed E-state index contributed by atoms with van der Waals surface area (Å²) < 4.78 is 18.3. The highest BCUT2D eigenvalue weighted by atomic mass is 32.2. The normalized spacial score (nSPS) is 11.2. The number of methoxy groups -OCH3 is 1. The molecular weight excluding hydrogens is 175 g/mol. The van der Waals surface area contributed by atoms with Crippen LogP contribution in [-0.4, -0.2) is 19.6 Å². The van der Waals surface area contributed by atoms with Gasteiger partial charge < -0.3 is 4.74 Å². The minimum atomic E-state index is -0.393. The molecule has 0 fully saturated rings. The van der Waals surface area contributed by atoms with E-state index >= 15 is 0 Å². The van der Waals surface area contributed by atoms with Crippen molar-refractivity contribution in [1.29, 1.82) is 0 Å². The summed E-state index contributed by atoms with van der Waals surface area (Å²) in [5.41, 5.74) is 0. The maximum Gasteiger partial charge on any atom is 0.176 e. The molecule has 0 bridgehead atoms. The van der Waals surface area contributed by atoms with Gasteiger partial charge in [-0.1, -0.05) is 6.07 Å². The van der Waals surface area contributed by atoms with Gasteiger partial charge in [0, 0.05) is 4.90 Å². The van der Waals surface area contributed by atoms with Gasteiger partial charge in [0.15, 0.2) is 11.6 Å². The van der Waals surface area contributed by atoms with Gasteiger partial charge in [-0.05, 0) is 24.6 Å². The molecule has 1 aromatic carbocycles. The summed E-state index contributed by atoms with van der Waals surface area (Å²) in [5, 5.41) is 0. The third kappa shape index (κ3) is 1.72. The minimum absolute atomic E-state index is 0.212. The van der Waals surface area contributed by atoms with Crippen molar-refractivity contribution in [2.75, 3.05) is 19.6 Å². The van der Waals surface area contributed by atoms with Gasteiger partial charge in [-0.3, -0.25) is 0 Å². The number of ether oxygens (including phenoxy) is 1. The monoisotopic (exact) mass is 188 g/mol. The van der Waals surface area contributed by atoms with Crippen LogP contribution in [0, 0.1) is 5.82 Å². The third-order valence-corrected chi connectivity index (χ3v) is 2.95. The lowest BCUT2D eigenvalue weighted by Gasteiger charge is -2.12. The molecule has 0 saturated carbocycles. The van der Waals surface area contributed by atoms with Crippen molar-refractivity contribution in [3.05, 3.63) is 24.0 Å². The number of rotatable bonds is 2. The van der Waals surface area contributed by atoms with Crippen LogP contribution < -0.4 is 4.74 Å². The van der Waals surface area contributed by atoms with Crippen LogP contribution in [0.2, 0.25) is 0 Å². The van der Waals surface area contributed by atoms with Crippen LogP contribution in [-0.2, 0) is 0 Å². The average Bonchev–Trinajstić information content (AvgIpc) is 2.04. The number of thiol groups is 1. The SMILES string of the molecule is COc1cccc([SH](C)C)c1F. The molecular formula is C9H13FOS. The molecule has 0 unspecified atom stereocenters. The van der Waals surface area contributed by atoms with Gasteiger partial charge >= 0.3 is 0 Å². The highest BCUT2D eigenvalue weighted by molar-refractivity contribution is 8.15. The van der Waals surface area contributed by atoms with Crippen molar-refractivity contribution in [2.24, 2.45) is 0 Å². The summed E-state index contributed by atoms with van der Waals surface area (Å²) in [6, 6.07) is 5.26. The lowest BCUT2D eigenvalue weighted by molar-refractivity contribution is 0.381. The summed E-state index contributed by atoms with van der Waals surface area (Å²) in [5.74, 6) is 0.125. The molecule has 0 saturated heterocycles. The van der Waals surface area contributed by atoms with Crippen LogP contribution in [0.5, 0.6) is 5.75 Å². The standard InChI is InChI=1S/C9H13FOS/c1-11-7-5-4-6-8(9(7)10)12(2)3/h4-6,12H,1-3H3. The number of benzene rings is 1. The van der Waals surface area contributed by atoms with E-state index in [-0.39, 0.29) is 5.82 Å². The Morgan fingerprint density at radius 2 is 2.00 bits per heavy atom. The van der Waals surface area contributed by atoms with Crippen LogP contribution in [0.15, 0.2) is 23.1 Å². The van der Waals surface area contributed by atoms with Crippen LogP contribution >= 0.6 is 10.9 Å². The molecule has 0 amide bonds. The van der Waals surface area contributed by atoms with E-state index in [9.17, 15) is 4.39 Å². The molecule has 1 aromatic rings. The molecule has 0 N–H and O–H groups in total. The zero-order chi connectivity index (χ0) is 9.14. The second-order valence-electron chi connectivity index (χ2n) is 2.69. The first kappa shape index (κ1) is 9.39. The van der Waals surface area contributed by atoms with Gasteiger partial charge in [0.2, 0.25) is 0 Å². The minimum Gasteiger partial charge on any atom is -0.494 e. The van der Waals surface area contributed by atoms with Crippen molar-refractivity contribution >= 4 is 10.9 Å². The summed E-state index contributed by atoms with van der Waals surface area (Å²) in [6.45, 7) is 0. The van der Waals surface area contributed by atoms with E-state index in [2.05, 4.69) is 0 Å². The van der Waals surface area contributed by atoms with Crippen molar-refractivity contribution in [2.45, 2.75) is 4.90 Å². The predicted molar refractivity (Wildman–Crippen MR) is 52.1 cm³/mol. The molecule has 0 spiro atoms. The molecule has 3 heteroatoms. The highest BCUT2D eigenvalue weighted by Gasteiger charge is 2.08. The van der Waals surface area contributed by atoms with E-state index in [4.69, 9.17) is 4.74 Å². The summed E-state index contributed by atoms with van der Waals surface area (Å²) in [4.78, 5) is 0.768. The smallest absolute Gasteiger partial charge is 0.176 e. The van der Waals surface area contributed by atoms with E-state index < -0.39 is 10.9 Å². The van der Waals surface area contributed by atoms with Crippen LogP contribution in [0.1, 0.15) is 0 Å². The maximum absolute atomic E-state index is 13.4. The lowest BCUT2D eigenvalue weighted by Crippen LogP contribution is -1.91. The Labute approximate surface area is 74.9 Å². The molecule has 0 heterocycles. The van der Waals surface area contributed by atoms with Crippen molar-refractivity contribution in [3.8, 4) is 5.75 Å². The summed E-state index contributed by atoms with van der Waals surface area (Å²) in [6.07, 6.45) is 4.04. The quantitative estimate of drug-likeness (QED) is 0.701. The number of hydrogen-bond acceptors (Lipinski definition) is 1. The fourth-order valence-electron chi connectivity index (χ4n) is 1.00. The zero-order valence-corrected chi connectivity index (χ0v) is 8.36. The first-order chi connectivity index (χ1) is 5.66. The molecule has 0 atom stereocenters. The van der Waals surface area contributed by atoms with Gasteiger partial charge in [0.1, 0.15) is 0 Å². The molecule has 0 aromatic heterocycles. The van der Waals surface area contributed by atoms with E-state index in [0.29, 0.717) is 5.75 Å². The Hall–Kier alpha value is -0.700. The highest BCUT2D eigenvalue weighted by Crippen LogP contribution is 2.34. The van der Waals surface area contributed by atoms with Crippen molar-refractivity contribution in [3.63, 3.8) is 0 Å². The van der Waals surface area contributed by atoms with Gasteiger partial charge in [-0.25, -0.2) is 15.3 Å². The molecule has 0 aliphatic heterocycles. The van der Waals surface area contributed by atoms with Crippen LogP contribution in [0.3, 0.4) is 0 Å². The summed E-state index contributed by atoms with van der Waals surface area (Å²) >= 11 is 0. The Kier molecular flexibility index (Phi) is 2.98. The maximum atomic E-state index is 13.4. The predicted octanol–water partition coefficient (Wildman–Crippen LogP) is 2.45. The molecule has 0 radical (unpaired) electrons. The van der Waals surface area contributed by atoms with Crippen LogP contribution in [0.25, 0.3) is 0 Å². The van der Waals surface area contributed by atoms with Gasteiger partial charge in [0.25, 0.3) is 0 Å². The molecule has 12 heavy (non-hydrogen) atoms. The molecule has 1 nitrogen and oxygen atoms in total. The largest absolute Gasteiger partial charge is 0.494 e. The summed E-state index contributed by atoms with van der Waals surface area (Å²) in [7, 11) is 1.09. The lowest BCUT2D eigenvalue weighted by atomic mass is 10.3. The first-order valence-corrected chi connectivity index (χ1v) is 5.90. The average molecular weight is 188 g/mol. The fraction of sp³-hybridized carbons (Fsp3) is 0.333. The molecule has 1 rings (SSSR count). The van der Waals surface area contributed by atoms with Gasteiger partial charge in [0.05, 0.1) is 7.11 Å². The Bertz CT molecular complexity index is 273. The Balaban J connectivity index is 3.14. The molecule has 0 aliphatic carbocycles. The zero-order valence-electron chi connectivity index (χ0n) is 7.47. The van der Waals surface area contributed by atoms with Crippen molar-refractivity contribution in [1.82, 2.24) is 0 Å². The molecule has 0 aliphatic rings. The van der Waals surface area contributed by atoms with Gasteiger partial charge in [-0.2, -0.15) is 0 Å².